The van der Waals surface area contributed by atoms with Gasteiger partial charge < -0.3 is 15.1 Å². The summed E-state index contributed by atoms with van der Waals surface area (Å²) >= 11 is 1.53. The fourth-order valence-electron chi connectivity index (χ4n) is 3.25. The minimum atomic E-state index is -0.106. The molecule has 26 heavy (non-hydrogen) atoms. The van der Waals surface area contributed by atoms with Crippen molar-refractivity contribution in [2.24, 2.45) is 0 Å². The fraction of sp³-hybridized carbons (Fsp3) is 0.316. The number of pyridine rings is 1. The summed E-state index contributed by atoms with van der Waals surface area (Å²) in [6.45, 7) is 4.83. The molecular weight excluding hydrogens is 348 g/mol. The maximum Gasteiger partial charge on any atom is 0.254 e. The molecule has 0 radical (unpaired) electrons. The first kappa shape index (κ1) is 16.9. The van der Waals surface area contributed by atoms with Crippen LogP contribution in [0.25, 0.3) is 0 Å². The van der Waals surface area contributed by atoms with E-state index in [0.717, 1.165) is 29.4 Å². The van der Waals surface area contributed by atoms with Gasteiger partial charge in [-0.3, -0.25) is 14.6 Å². The average Bonchev–Trinajstić information content (AvgIpc) is 2.69. The first-order chi connectivity index (χ1) is 12.6. The van der Waals surface area contributed by atoms with E-state index >= 15 is 0 Å². The minimum Gasteiger partial charge on any atom is -0.368 e. The van der Waals surface area contributed by atoms with Crippen LogP contribution in [0.1, 0.15) is 17.3 Å². The van der Waals surface area contributed by atoms with Gasteiger partial charge in [0, 0.05) is 54.7 Å². The van der Waals surface area contributed by atoms with Crippen LogP contribution in [0.2, 0.25) is 0 Å². The summed E-state index contributed by atoms with van der Waals surface area (Å²) in [7, 11) is 0. The van der Waals surface area contributed by atoms with E-state index in [1.165, 1.54) is 11.8 Å². The number of aromatic nitrogens is 1. The van der Waals surface area contributed by atoms with Crippen LogP contribution in [0.4, 0.5) is 11.4 Å². The lowest BCUT2D eigenvalue weighted by Gasteiger charge is -2.36. The molecule has 3 heterocycles. The topological polar surface area (TPSA) is 65.5 Å². The highest BCUT2D eigenvalue weighted by Crippen LogP contribution is 2.36. The summed E-state index contributed by atoms with van der Waals surface area (Å²) in [5.74, 6) is -0.00175. The van der Waals surface area contributed by atoms with Gasteiger partial charge in [-0.25, -0.2) is 0 Å². The zero-order chi connectivity index (χ0) is 18.1. The Morgan fingerprint density at radius 2 is 1.88 bits per heavy atom. The Bertz CT molecular complexity index is 835. The summed E-state index contributed by atoms with van der Waals surface area (Å²) in [5, 5.41) is 2.79. The second-order valence-electron chi connectivity index (χ2n) is 6.44. The van der Waals surface area contributed by atoms with Crippen molar-refractivity contribution in [1.82, 2.24) is 9.88 Å². The predicted molar refractivity (Wildman–Crippen MR) is 103 cm³/mol. The van der Waals surface area contributed by atoms with Crippen molar-refractivity contribution < 1.29 is 9.59 Å². The molecule has 0 bridgehead atoms. The Morgan fingerprint density at radius 1 is 1.15 bits per heavy atom. The third kappa shape index (κ3) is 3.26. The van der Waals surface area contributed by atoms with Crippen molar-refractivity contribution in [3.8, 4) is 0 Å². The monoisotopic (exact) mass is 368 g/mol. The molecule has 1 aromatic heterocycles. The Kier molecular flexibility index (Phi) is 4.55. The van der Waals surface area contributed by atoms with Gasteiger partial charge in [0.1, 0.15) is 0 Å². The number of carbonyl (C=O) groups is 2. The van der Waals surface area contributed by atoms with E-state index in [2.05, 4.69) is 15.2 Å². The number of nitrogens with zero attached hydrogens (tertiary/aromatic N) is 3. The van der Waals surface area contributed by atoms with Crippen molar-refractivity contribution in [3.63, 3.8) is 0 Å². The van der Waals surface area contributed by atoms with Gasteiger partial charge in [0.15, 0.2) is 0 Å². The Labute approximate surface area is 156 Å². The molecule has 4 rings (SSSR count). The average molecular weight is 368 g/mol. The molecule has 2 amide bonds. The number of nitrogens with one attached hydrogen (secondary N) is 1. The Hall–Kier alpha value is -2.54. The van der Waals surface area contributed by atoms with E-state index < -0.39 is 0 Å². The highest BCUT2D eigenvalue weighted by atomic mass is 32.2. The third-order valence-electron chi connectivity index (χ3n) is 4.75. The number of rotatable bonds is 2. The van der Waals surface area contributed by atoms with E-state index in [0.29, 0.717) is 18.7 Å². The lowest BCUT2D eigenvalue weighted by atomic mass is 10.1. The van der Waals surface area contributed by atoms with Crippen LogP contribution in [0.3, 0.4) is 0 Å². The van der Waals surface area contributed by atoms with Gasteiger partial charge in [0.2, 0.25) is 5.91 Å². The van der Waals surface area contributed by atoms with Gasteiger partial charge >= 0.3 is 0 Å². The van der Waals surface area contributed by atoms with Crippen LogP contribution in [0.15, 0.2) is 47.6 Å². The molecular formula is C19H20N4O2S. The normalized spacial score (nSPS) is 19.7. The lowest BCUT2D eigenvalue weighted by Crippen LogP contribution is -2.48. The third-order valence-corrected chi connectivity index (χ3v) is 5.93. The van der Waals surface area contributed by atoms with Crippen molar-refractivity contribution in [1.29, 1.82) is 0 Å². The largest absolute Gasteiger partial charge is 0.368 e. The molecule has 1 saturated heterocycles. The smallest absolute Gasteiger partial charge is 0.254 e. The molecule has 2 aromatic rings. The van der Waals surface area contributed by atoms with Crippen LogP contribution in [0.5, 0.6) is 0 Å². The molecule has 0 saturated carbocycles. The number of carbonyl (C=O) groups excluding carboxylic acids is 2. The molecule has 6 nitrogen and oxygen atoms in total. The van der Waals surface area contributed by atoms with E-state index in [4.69, 9.17) is 0 Å². The van der Waals surface area contributed by atoms with Crippen LogP contribution in [-0.4, -0.2) is 53.1 Å². The van der Waals surface area contributed by atoms with Crippen molar-refractivity contribution in [3.05, 3.63) is 48.3 Å². The molecule has 1 N–H and O–H groups in total. The molecule has 7 heteroatoms. The van der Waals surface area contributed by atoms with E-state index in [-0.39, 0.29) is 17.1 Å². The highest BCUT2D eigenvalue weighted by molar-refractivity contribution is 8.00. The standard InChI is InChI=1S/C19H20N4O2S/c1-13-18(24)21-16-12-14(2-3-17(16)26-13)19(25)23-10-8-22(9-11-23)15-4-6-20-7-5-15/h2-7,12-13H,8-11H2,1H3,(H,21,24). The zero-order valence-electron chi connectivity index (χ0n) is 14.5. The summed E-state index contributed by atoms with van der Waals surface area (Å²) in [6.07, 6.45) is 3.57. The molecule has 2 aliphatic rings. The number of hydrogen-bond acceptors (Lipinski definition) is 5. The van der Waals surface area contributed by atoms with Gasteiger partial charge in [-0.15, -0.1) is 11.8 Å². The molecule has 0 aliphatic carbocycles. The Morgan fingerprint density at radius 3 is 2.62 bits per heavy atom. The quantitative estimate of drug-likeness (QED) is 0.882. The molecule has 134 valence electrons. The van der Waals surface area contributed by atoms with E-state index in [1.807, 2.05) is 36.1 Å². The molecule has 1 fully saturated rings. The lowest BCUT2D eigenvalue weighted by molar-refractivity contribution is -0.115. The van der Waals surface area contributed by atoms with Crippen molar-refractivity contribution >= 4 is 35.0 Å². The highest BCUT2D eigenvalue weighted by Gasteiger charge is 2.26. The van der Waals surface area contributed by atoms with Crippen molar-refractivity contribution in [2.45, 2.75) is 17.1 Å². The number of hydrogen-bond donors (Lipinski definition) is 1. The zero-order valence-corrected chi connectivity index (χ0v) is 15.3. The van der Waals surface area contributed by atoms with Crippen molar-refractivity contribution in [2.75, 3.05) is 36.4 Å². The maximum atomic E-state index is 12.9. The minimum absolute atomic E-state index is 0.0139. The number of piperazine rings is 1. The van der Waals surface area contributed by atoms with Gasteiger partial charge in [-0.1, -0.05) is 0 Å². The van der Waals surface area contributed by atoms with Crippen LogP contribution in [0, 0.1) is 0 Å². The van der Waals surface area contributed by atoms with E-state index in [9.17, 15) is 9.59 Å². The molecule has 1 unspecified atom stereocenters. The second kappa shape index (κ2) is 6.99. The fourth-order valence-corrected chi connectivity index (χ4v) is 4.18. The van der Waals surface area contributed by atoms with Gasteiger partial charge in [0.05, 0.1) is 10.9 Å². The van der Waals surface area contributed by atoms with Gasteiger partial charge in [-0.05, 0) is 37.3 Å². The van der Waals surface area contributed by atoms with Crippen LogP contribution in [-0.2, 0) is 4.79 Å². The number of fused-ring (bicyclic) bond motifs is 1. The SMILES string of the molecule is CC1Sc2ccc(C(=O)N3CCN(c4ccncc4)CC3)cc2NC1=O. The number of benzene rings is 1. The van der Waals surface area contributed by atoms with Crippen LogP contribution < -0.4 is 10.2 Å². The predicted octanol–water partition coefficient (Wildman–Crippen LogP) is 2.48. The molecule has 1 aromatic carbocycles. The maximum absolute atomic E-state index is 12.9. The summed E-state index contributed by atoms with van der Waals surface area (Å²) in [5.41, 5.74) is 2.49. The Balaban J connectivity index is 1.44. The van der Waals surface area contributed by atoms with Gasteiger partial charge in [0.25, 0.3) is 5.91 Å². The molecule has 0 spiro atoms. The second-order valence-corrected chi connectivity index (χ2v) is 7.83. The first-order valence-corrected chi connectivity index (χ1v) is 9.55. The number of thioether (sulfide) groups is 1. The van der Waals surface area contributed by atoms with Crippen LogP contribution >= 0.6 is 11.8 Å². The number of amides is 2. The molecule has 2 aliphatic heterocycles. The number of anilines is 2. The summed E-state index contributed by atoms with van der Waals surface area (Å²) in [6, 6.07) is 9.55. The molecule has 1 atom stereocenters. The summed E-state index contributed by atoms with van der Waals surface area (Å²) < 4.78 is 0. The van der Waals surface area contributed by atoms with Gasteiger partial charge in [-0.2, -0.15) is 0 Å². The summed E-state index contributed by atoms with van der Waals surface area (Å²) in [4.78, 5) is 33.9. The first-order valence-electron chi connectivity index (χ1n) is 8.67. The van der Waals surface area contributed by atoms with E-state index in [1.54, 1.807) is 18.5 Å².